The lowest BCUT2D eigenvalue weighted by atomic mass is 9.95. The predicted molar refractivity (Wildman–Crippen MR) is 224 cm³/mol. The molecule has 0 saturated heterocycles. The van der Waals surface area contributed by atoms with Gasteiger partial charge >= 0.3 is 12.0 Å². The van der Waals surface area contributed by atoms with Gasteiger partial charge in [-0.1, -0.05) is 85.8 Å². The number of methoxy groups -OCH3 is 1. The maximum atomic E-state index is 13.9. The number of para-hydroxylation sites is 1. The van der Waals surface area contributed by atoms with Crippen molar-refractivity contribution < 1.29 is 33.4 Å². The number of nitrogens with one attached hydrogen (secondary N) is 2. The smallest absolute Gasteiger partial charge is 0.323 e. The van der Waals surface area contributed by atoms with E-state index in [9.17, 15) is 24.0 Å². The molecule has 0 saturated carbocycles. The van der Waals surface area contributed by atoms with E-state index in [2.05, 4.69) is 10.6 Å². The number of carbonyl (C=O) groups is 5. The number of halogens is 1. The second kappa shape index (κ2) is 19.9. The summed E-state index contributed by atoms with van der Waals surface area (Å²) in [5.74, 6) is -0.360. The molecule has 0 spiro atoms. The summed E-state index contributed by atoms with van der Waals surface area (Å²) in [4.78, 5) is 66.3. The van der Waals surface area contributed by atoms with Crippen LogP contribution in [-0.2, 0) is 20.7 Å². The first kappa shape index (κ1) is 41.7. The van der Waals surface area contributed by atoms with Gasteiger partial charge in [0.1, 0.15) is 5.75 Å². The molecule has 5 aromatic rings. The van der Waals surface area contributed by atoms with E-state index in [-0.39, 0.29) is 36.5 Å². The van der Waals surface area contributed by atoms with Gasteiger partial charge in [0.05, 0.1) is 43.6 Å². The van der Waals surface area contributed by atoms with Crippen molar-refractivity contribution in [3.8, 4) is 5.75 Å². The number of aryl methyl sites for hydroxylation is 1. The van der Waals surface area contributed by atoms with E-state index in [0.717, 1.165) is 11.1 Å². The minimum atomic E-state index is -0.415. The van der Waals surface area contributed by atoms with Crippen molar-refractivity contribution in [2.45, 2.75) is 39.5 Å². The second-order valence-electron chi connectivity index (χ2n) is 13.3. The molecular formula is C45H45ClN4O7. The van der Waals surface area contributed by atoms with Gasteiger partial charge in [-0.2, -0.15) is 0 Å². The Morgan fingerprint density at radius 3 is 2.00 bits per heavy atom. The Balaban J connectivity index is 0.000000606. The lowest BCUT2D eigenvalue weighted by molar-refractivity contribution is -0.143. The number of nitrogens with zero attached hydrogens (tertiary/aromatic N) is 2. The van der Waals surface area contributed by atoms with Crippen LogP contribution >= 0.6 is 11.6 Å². The number of anilines is 4. The number of benzene rings is 5. The van der Waals surface area contributed by atoms with E-state index in [1.165, 1.54) is 7.11 Å². The van der Waals surface area contributed by atoms with E-state index in [4.69, 9.17) is 21.1 Å². The molecule has 0 fully saturated rings. The van der Waals surface area contributed by atoms with Crippen molar-refractivity contribution in [3.63, 3.8) is 0 Å². The summed E-state index contributed by atoms with van der Waals surface area (Å²) in [6, 6.07) is 35.7. The van der Waals surface area contributed by atoms with E-state index in [1.807, 2.05) is 80.6 Å². The Kier molecular flexibility index (Phi) is 14.6. The average molecular weight is 789 g/mol. The highest BCUT2D eigenvalue weighted by molar-refractivity contribution is 6.67. The Labute approximate surface area is 337 Å². The summed E-state index contributed by atoms with van der Waals surface area (Å²) in [6.07, 6.45) is 0.265. The van der Waals surface area contributed by atoms with Crippen LogP contribution in [0.4, 0.5) is 27.5 Å². The highest BCUT2D eigenvalue weighted by atomic mass is 35.5. The van der Waals surface area contributed by atoms with E-state index >= 15 is 0 Å². The lowest BCUT2D eigenvalue weighted by Crippen LogP contribution is -2.47. The number of hydrogen-bond donors (Lipinski definition) is 2. The monoisotopic (exact) mass is 788 g/mol. The summed E-state index contributed by atoms with van der Waals surface area (Å²) in [7, 11) is 1.51. The van der Waals surface area contributed by atoms with Crippen molar-refractivity contribution >= 4 is 63.4 Å². The van der Waals surface area contributed by atoms with E-state index < -0.39 is 11.3 Å². The van der Waals surface area contributed by atoms with Crippen LogP contribution in [0.25, 0.3) is 0 Å². The summed E-state index contributed by atoms with van der Waals surface area (Å²) >= 11 is 5.16. The Morgan fingerprint density at radius 1 is 0.737 bits per heavy atom. The first-order valence-electron chi connectivity index (χ1n) is 18.5. The average Bonchev–Trinajstić information content (AvgIpc) is 3.22. The van der Waals surface area contributed by atoms with Crippen LogP contribution in [0, 0.1) is 6.92 Å². The van der Waals surface area contributed by atoms with Gasteiger partial charge in [-0.15, -0.1) is 0 Å². The first-order chi connectivity index (χ1) is 27.5. The summed E-state index contributed by atoms with van der Waals surface area (Å²) < 4.78 is 10.7. The maximum absolute atomic E-state index is 13.9. The number of fused-ring (bicyclic) bond motifs is 1. The predicted octanol–water partition coefficient (Wildman–Crippen LogP) is 9.01. The fourth-order valence-electron chi connectivity index (χ4n) is 6.30. The Morgan fingerprint density at radius 2 is 1.37 bits per heavy atom. The molecule has 2 N–H and O–H groups in total. The molecule has 1 heterocycles. The lowest BCUT2D eigenvalue weighted by Gasteiger charge is -2.37. The molecule has 0 bridgehead atoms. The molecule has 11 nitrogen and oxygen atoms in total. The number of carbonyl (C=O) groups excluding carboxylic acids is 5. The topological polar surface area (TPSA) is 134 Å². The molecule has 0 aliphatic carbocycles. The third-order valence-corrected chi connectivity index (χ3v) is 9.52. The van der Waals surface area contributed by atoms with Gasteiger partial charge in [0.15, 0.2) is 0 Å². The van der Waals surface area contributed by atoms with Crippen molar-refractivity contribution in [1.82, 2.24) is 0 Å². The van der Waals surface area contributed by atoms with Gasteiger partial charge in [0, 0.05) is 29.9 Å². The van der Waals surface area contributed by atoms with Gasteiger partial charge < -0.3 is 29.9 Å². The highest BCUT2D eigenvalue weighted by Gasteiger charge is 2.31. The van der Waals surface area contributed by atoms with Crippen LogP contribution in [0.5, 0.6) is 5.75 Å². The summed E-state index contributed by atoms with van der Waals surface area (Å²) in [5, 5.41) is 5.25. The van der Waals surface area contributed by atoms with Crippen LogP contribution < -0.4 is 25.2 Å². The zero-order valence-electron chi connectivity index (χ0n) is 32.3. The molecule has 1 aliphatic rings. The Hall–Kier alpha value is -6.46. The normalized spacial score (nSPS) is 12.2. The zero-order chi connectivity index (χ0) is 40.9. The van der Waals surface area contributed by atoms with Crippen LogP contribution in [0.1, 0.15) is 63.6 Å². The van der Waals surface area contributed by atoms with Gasteiger partial charge in [0.25, 0.3) is 11.1 Å². The molecule has 12 heteroatoms. The van der Waals surface area contributed by atoms with E-state index in [0.29, 0.717) is 64.9 Å². The number of urea groups is 1. The molecule has 294 valence electrons. The minimum Gasteiger partial charge on any atom is -0.495 e. The van der Waals surface area contributed by atoms with Crippen LogP contribution in [0.2, 0.25) is 0 Å². The van der Waals surface area contributed by atoms with Gasteiger partial charge in [-0.3, -0.25) is 19.2 Å². The molecule has 57 heavy (non-hydrogen) atoms. The molecule has 5 aromatic carbocycles. The Bertz CT molecular complexity index is 2210. The van der Waals surface area contributed by atoms with Gasteiger partial charge in [-0.25, -0.2) is 4.79 Å². The largest absolute Gasteiger partial charge is 0.495 e. The fourth-order valence-corrected chi connectivity index (χ4v) is 6.43. The maximum Gasteiger partial charge on any atom is 0.323 e. The van der Waals surface area contributed by atoms with Crippen molar-refractivity contribution in [1.29, 1.82) is 0 Å². The number of amides is 4. The summed E-state index contributed by atoms with van der Waals surface area (Å²) in [5.41, 5.74) is 5.95. The standard InChI is InChI=1S/C38H40N4O6.C7H5ClO/c1-5-48-36(44)21-26(3)29-16-18-32-33(24-29)42(37(45)28-12-7-6-8-13-28)20-19-41(32)35(43)23-27-15-17-31(34(22-27)47-4)40-38(46)39-30-14-10-9-11-25(30)2;8-7(9)6-4-2-1-3-5-6/h6-18,22,24,26H,5,19-21,23H2,1-4H3,(H2,39,40,46);1-5H. The quantitative estimate of drug-likeness (QED) is 0.101. The third-order valence-electron chi connectivity index (χ3n) is 9.31. The fraction of sp³-hybridized carbons (Fsp3) is 0.222. The number of esters is 1. The van der Waals surface area contributed by atoms with Crippen molar-refractivity contribution in [2.24, 2.45) is 0 Å². The van der Waals surface area contributed by atoms with Crippen LogP contribution in [-0.4, -0.2) is 55.9 Å². The molecule has 0 radical (unpaired) electrons. The zero-order valence-corrected chi connectivity index (χ0v) is 33.0. The number of ether oxygens (including phenoxy) is 2. The molecule has 1 aliphatic heterocycles. The molecule has 4 amide bonds. The minimum absolute atomic E-state index is 0.0686. The van der Waals surface area contributed by atoms with Gasteiger partial charge in [0.2, 0.25) is 5.91 Å². The molecule has 1 atom stereocenters. The molecule has 0 aromatic heterocycles. The van der Waals surface area contributed by atoms with Crippen LogP contribution in [0.15, 0.2) is 121 Å². The summed E-state index contributed by atoms with van der Waals surface area (Å²) in [6.45, 7) is 6.52. The molecular weight excluding hydrogens is 744 g/mol. The molecule has 1 unspecified atom stereocenters. The highest BCUT2D eigenvalue weighted by Crippen LogP contribution is 2.38. The third kappa shape index (κ3) is 11.1. The van der Waals surface area contributed by atoms with Crippen LogP contribution in [0.3, 0.4) is 0 Å². The second-order valence-corrected chi connectivity index (χ2v) is 13.6. The number of rotatable bonds is 11. The van der Waals surface area contributed by atoms with E-state index in [1.54, 1.807) is 71.3 Å². The SMILES string of the molecule is CCOC(=O)CC(C)c1ccc2c(c1)N(C(=O)c1ccccc1)CCN2C(=O)Cc1ccc(NC(=O)Nc2ccccc2C)c(OC)c1.O=C(Cl)c1ccccc1. The van der Waals surface area contributed by atoms with Gasteiger partial charge in [-0.05, 0) is 90.5 Å². The number of hydrogen-bond acceptors (Lipinski definition) is 7. The van der Waals surface area contributed by atoms with Crippen molar-refractivity contribution in [2.75, 3.05) is 47.2 Å². The first-order valence-corrected chi connectivity index (χ1v) is 18.9. The molecule has 6 rings (SSSR count). The van der Waals surface area contributed by atoms with Crippen molar-refractivity contribution in [3.05, 3.63) is 149 Å².